The fourth-order valence-corrected chi connectivity index (χ4v) is 5.50. The standard InChI is InChI=1S/C23H18ClF3N2O3S/c1-2-14-7-10-20-17(11-14)16-5-3-4-6-21(16)33(31,32)29(20)13-22(30)28-19-12-15(23(25,26)27)8-9-18(19)24/h3-12H,2,13H2,1H3,(H,28,30). The maximum atomic E-state index is 13.3. The van der Waals surface area contributed by atoms with Crippen LogP contribution >= 0.6 is 11.6 Å². The van der Waals surface area contributed by atoms with Crippen molar-refractivity contribution in [1.82, 2.24) is 0 Å². The molecule has 33 heavy (non-hydrogen) atoms. The highest BCUT2D eigenvalue weighted by atomic mass is 35.5. The van der Waals surface area contributed by atoms with E-state index in [0.29, 0.717) is 22.9 Å². The minimum atomic E-state index is -4.63. The minimum absolute atomic E-state index is 0.0515. The smallest absolute Gasteiger partial charge is 0.323 e. The molecule has 0 saturated carbocycles. The predicted molar refractivity (Wildman–Crippen MR) is 121 cm³/mol. The molecular formula is C23H18ClF3N2O3S. The Morgan fingerprint density at radius 2 is 1.76 bits per heavy atom. The SMILES string of the molecule is CCc1ccc2c(c1)-c1ccccc1S(=O)(=O)N2CC(=O)Nc1cc(C(F)(F)F)ccc1Cl. The molecule has 0 radical (unpaired) electrons. The van der Waals surface area contributed by atoms with E-state index in [1.807, 2.05) is 13.0 Å². The first-order valence-corrected chi connectivity index (χ1v) is 11.8. The number of carbonyl (C=O) groups is 1. The molecule has 4 rings (SSSR count). The molecule has 1 amide bonds. The first kappa shape index (κ1) is 23.1. The largest absolute Gasteiger partial charge is 0.416 e. The number of nitrogens with one attached hydrogen (secondary N) is 1. The molecule has 0 unspecified atom stereocenters. The van der Waals surface area contributed by atoms with Gasteiger partial charge >= 0.3 is 6.18 Å². The predicted octanol–water partition coefficient (Wildman–Crippen LogP) is 5.74. The number of halogens is 4. The van der Waals surface area contributed by atoms with Gasteiger partial charge in [0.15, 0.2) is 0 Å². The summed E-state index contributed by atoms with van der Waals surface area (Å²) in [6.07, 6.45) is -3.89. The summed E-state index contributed by atoms with van der Waals surface area (Å²) in [5.74, 6) is -0.829. The third kappa shape index (κ3) is 4.30. The van der Waals surface area contributed by atoms with Crippen molar-refractivity contribution in [3.05, 3.63) is 76.8 Å². The Morgan fingerprint density at radius 1 is 1.03 bits per heavy atom. The Labute approximate surface area is 193 Å². The van der Waals surface area contributed by atoms with Crippen LogP contribution in [-0.2, 0) is 27.4 Å². The van der Waals surface area contributed by atoms with Crippen molar-refractivity contribution >= 4 is 38.9 Å². The van der Waals surface area contributed by atoms with Gasteiger partial charge in [-0.05, 0) is 48.4 Å². The van der Waals surface area contributed by atoms with Gasteiger partial charge in [-0.25, -0.2) is 8.42 Å². The highest BCUT2D eigenvalue weighted by Crippen LogP contribution is 2.43. The number of anilines is 2. The van der Waals surface area contributed by atoms with Gasteiger partial charge in [0.2, 0.25) is 5.91 Å². The van der Waals surface area contributed by atoms with E-state index in [2.05, 4.69) is 5.32 Å². The van der Waals surface area contributed by atoms with Crippen LogP contribution < -0.4 is 9.62 Å². The highest BCUT2D eigenvalue weighted by Gasteiger charge is 2.36. The van der Waals surface area contributed by atoms with Gasteiger partial charge in [0, 0.05) is 11.1 Å². The van der Waals surface area contributed by atoms with Crippen LogP contribution in [0.3, 0.4) is 0 Å². The van der Waals surface area contributed by atoms with Crippen LogP contribution in [0.2, 0.25) is 5.02 Å². The Hall–Kier alpha value is -3.04. The number of hydrogen-bond donors (Lipinski definition) is 1. The number of hydrogen-bond acceptors (Lipinski definition) is 3. The van der Waals surface area contributed by atoms with E-state index in [9.17, 15) is 26.4 Å². The van der Waals surface area contributed by atoms with E-state index < -0.39 is 34.2 Å². The molecule has 1 heterocycles. The number of nitrogens with zero attached hydrogens (tertiary/aromatic N) is 1. The highest BCUT2D eigenvalue weighted by molar-refractivity contribution is 7.93. The Kier molecular flexibility index (Phi) is 5.88. The first-order chi connectivity index (χ1) is 15.5. The summed E-state index contributed by atoms with van der Waals surface area (Å²) in [5, 5.41) is 2.21. The van der Waals surface area contributed by atoms with Crippen LogP contribution in [0, 0.1) is 0 Å². The number of benzene rings is 3. The molecule has 172 valence electrons. The van der Waals surface area contributed by atoms with Gasteiger partial charge in [-0.1, -0.05) is 42.8 Å². The molecule has 3 aromatic rings. The monoisotopic (exact) mass is 494 g/mol. The first-order valence-electron chi connectivity index (χ1n) is 9.94. The third-order valence-corrected chi connectivity index (χ3v) is 7.49. The van der Waals surface area contributed by atoms with Gasteiger partial charge in [-0.2, -0.15) is 13.2 Å². The molecular weight excluding hydrogens is 477 g/mol. The molecule has 0 aliphatic carbocycles. The van der Waals surface area contributed by atoms with Crippen molar-refractivity contribution < 1.29 is 26.4 Å². The quantitative estimate of drug-likeness (QED) is 0.503. The molecule has 0 aromatic heterocycles. The lowest BCUT2D eigenvalue weighted by atomic mass is 9.99. The molecule has 0 atom stereocenters. The molecule has 5 nitrogen and oxygen atoms in total. The van der Waals surface area contributed by atoms with Crippen molar-refractivity contribution in [2.45, 2.75) is 24.4 Å². The van der Waals surface area contributed by atoms with Crippen LogP contribution in [0.4, 0.5) is 24.5 Å². The zero-order chi connectivity index (χ0) is 24.0. The normalized spacial score (nSPS) is 14.4. The van der Waals surface area contributed by atoms with Crippen molar-refractivity contribution in [1.29, 1.82) is 0 Å². The second kappa shape index (κ2) is 8.39. The number of sulfonamides is 1. The van der Waals surface area contributed by atoms with E-state index in [4.69, 9.17) is 11.6 Å². The molecule has 0 spiro atoms. The van der Waals surface area contributed by atoms with Crippen LogP contribution in [0.15, 0.2) is 65.6 Å². The minimum Gasteiger partial charge on any atom is -0.323 e. The topological polar surface area (TPSA) is 66.5 Å². The number of amides is 1. The van der Waals surface area contributed by atoms with Gasteiger partial charge < -0.3 is 5.32 Å². The molecule has 0 saturated heterocycles. The van der Waals surface area contributed by atoms with E-state index in [1.54, 1.807) is 30.3 Å². The number of fused-ring (bicyclic) bond motifs is 3. The number of alkyl halides is 3. The summed E-state index contributed by atoms with van der Waals surface area (Å²) < 4.78 is 66.7. The van der Waals surface area contributed by atoms with Crippen molar-refractivity contribution in [3.8, 4) is 11.1 Å². The summed E-state index contributed by atoms with van der Waals surface area (Å²) in [4.78, 5) is 12.8. The van der Waals surface area contributed by atoms with Gasteiger partial charge in [-0.3, -0.25) is 9.10 Å². The Bertz CT molecular complexity index is 1360. The molecule has 1 N–H and O–H groups in total. The maximum Gasteiger partial charge on any atom is 0.416 e. The average Bonchev–Trinajstić information content (AvgIpc) is 2.77. The molecule has 0 fully saturated rings. The van der Waals surface area contributed by atoms with Gasteiger partial charge in [0.1, 0.15) is 6.54 Å². The summed E-state index contributed by atoms with van der Waals surface area (Å²) >= 11 is 5.96. The maximum absolute atomic E-state index is 13.3. The van der Waals surface area contributed by atoms with Crippen molar-refractivity contribution in [2.75, 3.05) is 16.2 Å². The lowest BCUT2D eigenvalue weighted by molar-refractivity contribution is -0.137. The number of aryl methyl sites for hydroxylation is 1. The summed E-state index contributed by atoms with van der Waals surface area (Å²) in [5.41, 5.74) is 1.25. The third-order valence-electron chi connectivity index (χ3n) is 5.34. The second-order valence-electron chi connectivity index (χ2n) is 7.45. The van der Waals surface area contributed by atoms with E-state index in [1.165, 1.54) is 6.07 Å². The molecule has 1 aliphatic heterocycles. The van der Waals surface area contributed by atoms with Crippen LogP contribution in [0.1, 0.15) is 18.1 Å². The Balaban J connectivity index is 1.71. The van der Waals surface area contributed by atoms with E-state index >= 15 is 0 Å². The molecule has 1 aliphatic rings. The second-order valence-corrected chi connectivity index (χ2v) is 9.69. The van der Waals surface area contributed by atoms with Crippen LogP contribution in [0.5, 0.6) is 0 Å². The van der Waals surface area contributed by atoms with Crippen LogP contribution in [-0.4, -0.2) is 20.9 Å². The lowest BCUT2D eigenvalue weighted by Crippen LogP contribution is -2.40. The van der Waals surface area contributed by atoms with Gasteiger partial charge in [-0.15, -0.1) is 0 Å². The molecule has 10 heteroatoms. The number of carbonyl (C=O) groups excluding carboxylic acids is 1. The van der Waals surface area contributed by atoms with Crippen LogP contribution in [0.25, 0.3) is 11.1 Å². The molecule has 3 aromatic carbocycles. The number of rotatable bonds is 4. The molecule has 0 bridgehead atoms. The van der Waals surface area contributed by atoms with E-state index in [-0.39, 0.29) is 15.6 Å². The van der Waals surface area contributed by atoms with E-state index in [0.717, 1.165) is 28.4 Å². The van der Waals surface area contributed by atoms with Gasteiger partial charge in [0.05, 0.1) is 26.9 Å². The van der Waals surface area contributed by atoms with Gasteiger partial charge in [0.25, 0.3) is 10.0 Å². The zero-order valence-corrected chi connectivity index (χ0v) is 18.9. The summed E-state index contributed by atoms with van der Waals surface area (Å²) in [7, 11) is -4.09. The average molecular weight is 495 g/mol. The summed E-state index contributed by atoms with van der Waals surface area (Å²) in [6, 6.07) is 14.3. The summed E-state index contributed by atoms with van der Waals surface area (Å²) in [6.45, 7) is 1.33. The zero-order valence-electron chi connectivity index (χ0n) is 17.3. The Morgan fingerprint density at radius 3 is 2.45 bits per heavy atom. The fraction of sp³-hybridized carbons (Fsp3) is 0.174. The fourth-order valence-electron chi connectivity index (χ4n) is 3.69. The lowest BCUT2D eigenvalue weighted by Gasteiger charge is -2.32. The van der Waals surface area contributed by atoms with Crippen molar-refractivity contribution in [3.63, 3.8) is 0 Å². The van der Waals surface area contributed by atoms with Crippen molar-refractivity contribution in [2.24, 2.45) is 0 Å².